The van der Waals surface area contributed by atoms with Gasteiger partial charge in [0.05, 0.1) is 6.54 Å². The molecule has 0 aliphatic carbocycles. The molecule has 1 N–H and O–H groups in total. The van der Waals surface area contributed by atoms with Gasteiger partial charge in [-0.3, -0.25) is 9.69 Å². The van der Waals surface area contributed by atoms with Crippen LogP contribution in [-0.2, 0) is 11.3 Å². The summed E-state index contributed by atoms with van der Waals surface area (Å²) < 4.78 is 5.12. The Morgan fingerprint density at radius 2 is 2.11 bits per heavy atom. The molecule has 100 valence electrons. The zero-order chi connectivity index (χ0) is 13.8. The van der Waals surface area contributed by atoms with Gasteiger partial charge in [-0.05, 0) is 14.0 Å². The van der Waals surface area contributed by atoms with Crippen LogP contribution in [-0.4, -0.2) is 39.2 Å². The van der Waals surface area contributed by atoms with E-state index in [0.29, 0.717) is 18.3 Å². The molecule has 6 heteroatoms. The standard InChI is InChI=1S/C13H15N3O3/c1-9(13(17)18)16(2)8-11-14-12(15-19-11)10-6-4-3-5-7-10/h3-7,9H,8H2,1-2H3,(H,17,18)/t9-/m0/s1. The molecule has 1 atom stereocenters. The quantitative estimate of drug-likeness (QED) is 0.881. The van der Waals surface area contributed by atoms with E-state index in [1.54, 1.807) is 18.9 Å². The SMILES string of the molecule is C[C@@H](C(=O)O)N(C)Cc1nc(-c2ccccc2)no1. The number of rotatable bonds is 5. The Kier molecular flexibility index (Phi) is 3.91. The number of hydrogen-bond donors (Lipinski definition) is 1. The van der Waals surface area contributed by atoms with Crippen molar-refractivity contribution in [1.82, 2.24) is 15.0 Å². The van der Waals surface area contributed by atoms with E-state index in [1.807, 2.05) is 30.3 Å². The molecule has 0 radical (unpaired) electrons. The number of aromatic nitrogens is 2. The Morgan fingerprint density at radius 1 is 1.42 bits per heavy atom. The molecule has 0 aliphatic heterocycles. The van der Waals surface area contributed by atoms with Gasteiger partial charge < -0.3 is 9.63 Å². The Labute approximate surface area is 110 Å². The van der Waals surface area contributed by atoms with Crippen molar-refractivity contribution < 1.29 is 14.4 Å². The molecule has 1 heterocycles. The van der Waals surface area contributed by atoms with E-state index in [2.05, 4.69) is 10.1 Å². The average Bonchev–Trinajstić information content (AvgIpc) is 2.87. The number of carbonyl (C=O) groups is 1. The van der Waals surface area contributed by atoms with E-state index in [1.165, 1.54) is 0 Å². The molecule has 0 unspecified atom stereocenters. The first-order chi connectivity index (χ1) is 9.08. The fourth-order valence-electron chi connectivity index (χ4n) is 1.56. The predicted octanol–water partition coefficient (Wildman–Crippen LogP) is 1.64. The zero-order valence-corrected chi connectivity index (χ0v) is 10.8. The Bertz CT molecular complexity index is 553. The molecule has 2 rings (SSSR count). The zero-order valence-electron chi connectivity index (χ0n) is 10.8. The highest BCUT2D eigenvalue weighted by Crippen LogP contribution is 2.15. The second-order valence-electron chi connectivity index (χ2n) is 4.31. The summed E-state index contributed by atoms with van der Waals surface area (Å²) in [6.45, 7) is 1.91. The summed E-state index contributed by atoms with van der Waals surface area (Å²) in [6.07, 6.45) is 0. The molecular weight excluding hydrogens is 246 g/mol. The molecule has 1 aromatic heterocycles. The molecule has 0 amide bonds. The summed E-state index contributed by atoms with van der Waals surface area (Å²) in [5, 5.41) is 12.8. The Balaban J connectivity index is 2.08. The van der Waals surface area contributed by atoms with E-state index in [9.17, 15) is 4.79 Å². The number of carboxylic acids is 1. The minimum absolute atomic E-state index is 0.299. The van der Waals surface area contributed by atoms with Crippen molar-refractivity contribution in [3.63, 3.8) is 0 Å². The monoisotopic (exact) mass is 261 g/mol. The van der Waals surface area contributed by atoms with Crippen LogP contribution < -0.4 is 0 Å². The number of carboxylic acid groups (broad SMARTS) is 1. The predicted molar refractivity (Wildman–Crippen MR) is 68.3 cm³/mol. The van der Waals surface area contributed by atoms with Crippen molar-refractivity contribution in [1.29, 1.82) is 0 Å². The molecule has 0 fully saturated rings. The van der Waals surface area contributed by atoms with E-state index in [-0.39, 0.29) is 0 Å². The maximum Gasteiger partial charge on any atom is 0.320 e. The van der Waals surface area contributed by atoms with Crippen LogP contribution in [0.2, 0.25) is 0 Å². The second-order valence-corrected chi connectivity index (χ2v) is 4.31. The minimum Gasteiger partial charge on any atom is -0.480 e. The van der Waals surface area contributed by atoms with Crippen LogP contribution >= 0.6 is 0 Å². The number of likely N-dealkylation sites (N-methyl/N-ethyl adjacent to an activating group) is 1. The third kappa shape index (κ3) is 3.17. The lowest BCUT2D eigenvalue weighted by atomic mass is 10.2. The van der Waals surface area contributed by atoms with Crippen molar-refractivity contribution in [3.8, 4) is 11.4 Å². The van der Waals surface area contributed by atoms with Gasteiger partial charge in [-0.2, -0.15) is 4.98 Å². The Morgan fingerprint density at radius 3 is 2.74 bits per heavy atom. The van der Waals surface area contributed by atoms with E-state index in [0.717, 1.165) is 5.56 Å². The molecule has 0 spiro atoms. The van der Waals surface area contributed by atoms with Crippen LogP contribution in [0.25, 0.3) is 11.4 Å². The van der Waals surface area contributed by atoms with E-state index < -0.39 is 12.0 Å². The van der Waals surface area contributed by atoms with Crippen molar-refractivity contribution in [3.05, 3.63) is 36.2 Å². The van der Waals surface area contributed by atoms with Gasteiger partial charge in [0.25, 0.3) is 0 Å². The normalized spacial score (nSPS) is 12.6. The number of hydrogen-bond acceptors (Lipinski definition) is 5. The number of benzene rings is 1. The fourth-order valence-corrected chi connectivity index (χ4v) is 1.56. The van der Waals surface area contributed by atoms with Gasteiger partial charge in [0, 0.05) is 5.56 Å². The summed E-state index contributed by atoms with van der Waals surface area (Å²) in [5.41, 5.74) is 0.867. The molecule has 0 saturated carbocycles. The van der Waals surface area contributed by atoms with Crippen LogP contribution in [0.4, 0.5) is 0 Å². The van der Waals surface area contributed by atoms with Gasteiger partial charge in [-0.1, -0.05) is 35.5 Å². The largest absolute Gasteiger partial charge is 0.480 e. The topological polar surface area (TPSA) is 79.5 Å². The molecule has 2 aromatic rings. The molecule has 0 bridgehead atoms. The van der Waals surface area contributed by atoms with Gasteiger partial charge in [0.2, 0.25) is 11.7 Å². The maximum atomic E-state index is 10.8. The smallest absolute Gasteiger partial charge is 0.320 e. The van der Waals surface area contributed by atoms with Crippen molar-refractivity contribution in [2.45, 2.75) is 19.5 Å². The van der Waals surface area contributed by atoms with E-state index >= 15 is 0 Å². The van der Waals surface area contributed by atoms with Gasteiger partial charge in [0.15, 0.2) is 0 Å². The van der Waals surface area contributed by atoms with Crippen LogP contribution in [0.5, 0.6) is 0 Å². The first kappa shape index (κ1) is 13.2. The summed E-state index contributed by atoms with van der Waals surface area (Å²) in [5.74, 6) is 0.0201. The van der Waals surface area contributed by atoms with Crippen molar-refractivity contribution in [2.24, 2.45) is 0 Å². The molecule has 0 aliphatic rings. The fraction of sp³-hybridized carbons (Fsp3) is 0.308. The lowest BCUT2D eigenvalue weighted by Crippen LogP contribution is -2.35. The van der Waals surface area contributed by atoms with Crippen LogP contribution in [0, 0.1) is 0 Å². The number of nitrogens with zero attached hydrogens (tertiary/aromatic N) is 3. The summed E-state index contributed by atoms with van der Waals surface area (Å²) in [7, 11) is 1.70. The molecule has 1 aromatic carbocycles. The summed E-state index contributed by atoms with van der Waals surface area (Å²) >= 11 is 0. The highest BCUT2D eigenvalue weighted by atomic mass is 16.5. The van der Waals surface area contributed by atoms with Crippen LogP contribution in [0.3, 0.4) is 0 Å². The summed E-state index contributed by atoms with van der Waals surface area (Å²) in [4.78, 5) is 16.7. The Hall–Kier alpha value is -2.21. The third-order valence-corrected chi connectivity index (χ3v) is 2.90. The van der Waals surface area contributed by atoms with E-state index in [4.69, 9.17) is 9.63 Å². The minimum atomic E-state index is -0.884. The lowest BCUT2D eigenvalue weighted by Gasteiger charge is -2.18. The maximum absolute atomic E-state index is 10.8. The van der Waals surface area contributed by atoms with Crippen molar-refractivity contribution in [2.75, 3.05) is 7.05 Å². The first-order valence-electron chi connectivity index (χ1n) is 5.89. The second kappa shape index (κ2) is 5.62. The lowest BCUT2D eigenvalue weighted by molar-refractivity contribution is -0.142. The molecule has 6 nitrogen and oxygen atoms in total. The van der Waals surface area contributed by atoms with Gasteiger partial charge >= 0.3 is 5.97 Å². The van der Waals surface area contributed by atoms with Crippen LogP contribution in [0.1, 0.15) is 12.8 Å². The summed E-state index contributed by atoms with van der Waals surface area (Å²) in [6, 6.07) is 8.86. The van der Waals surface area contributed by atoms with Gasteiger partial charge in [0.1, 0.15) is 6.04 Å². The average molecular weight is 261 g/mol. The first-order valence-corrected chi connectivity index (χ1v) is 5.89. The van der Waals surface area contributed by atoms with Gasteiger partial charge in [-0.25, -0.2) is 0 Å². The highest BCUT2D eigenvalue weighted by molar-refractivity contribution is 5.72. The molecule has 0 saturated heterocycles. The third-order valence-electron chi connectivity index (χ3n) is 2.90. The number of aliphatic carboxylic acids is 1. The highest BCUT2D eigenvalue weighted by Gasteiger charge is 2.19. The molecular formula is C13H15N3O3. The molecule has 19 heavy (non-hydrogen) atoms. The van der Waals surface area contributed by atoms with Crippen LogP contribution in [0.15, 0.2) is 34.9 Å². The van der Waals surface area contributed by atoms with Gasteiger partial charge in [-0.15, -0.1) is 0 Å². The van der Waals surface area contributed by atoms with Crippen molar-refractivity contribution >= 4 is 5.97 Å².